The fraction of sp³-hybridized carbons (Fsp3) is 1.00. The third-order valence-electron chi connectivity index (χ3n) is 3.33. The third-order valence-corrected chi connectivity index (χ3v) is 3.33. The van der Waals surface area contributed by atoms with Crippen LogP contribution in [0.2, 0.25) is 0 Å². The Labute approximate surface area is 91.2 Å². The zero-order valence-corrected chi connectivity index (χ0v) is 9.56. The summed E-state index contributed by atoms with van der Waals surface area (Å²) >= 11 is 0. The molecule has 0 radical (unpaired) electrons. The summed E-state index contributed by atoms with van der Waals surface area (Å²) in [6.07, 6.45) is -0.0849. The second-order valence-corrected chi connectivity index (χ2v) is 4.86. The zero-order valence-electron chi connectivity index (χ0n) is 9.56. The third kappa shape index (κ3) is 2.50. The summed E-state index contributed by atoms with van der Waals surface area (Å²) in [4.78, 5) is 2.13. The van der Waals surface area contributed by atoms with Gasteiger partial charge in [-0.25, -0.2) is 0 Å². The van der Waals surface area contributed by atoms with Crippen molar-refractivity contribution in [3.05, 3.63) is 0 Å². The Morgan fingerprint density at radius 1 is 1.33 bits per heavy atom. The van der Waals surface area contributed by atoms with Crippen LogP contribution >= 0.6 is 0 Å². The molecule has 0 amide bonds. The van der Waals surface area contributed by atoms with Crippen LogP contribution in [0.15, 0.2) is 0 Å². The summed E-state index contributed by atoms with van der Waals surface area (Å²) < 4.78 is 10.8. The van der Waals surface area contributed by atoms with E-state index in [1.807, 2.05) is 0 Å². The molecule has 2 atom stereocenters. The van der Waals surface area contributed by atoms with E-state index in [9.17, 15) is 5.11 Å². The number of rotatable bonds is 3. The van der Waals surface area contributed by atoms with Crippen molar-refractivity contribution in [3.8, 4) is 0 Å². The molecule has 2 rings (SSSR count). The SMILES string of the molecule is CC(C)C1CN(C(O)C2COC2)CCO1. The van der Waals surface area contributed by atoms with Gasteiger partial charge < -0.3 is 14.6 Å². The van der Waals surface area contributed by atoms with Gasteiger partial charge in [-0.2, -0.15) is 0 Å². The molecule has 0 saturated carbocycles. The van der Waals surface area contributed by atoms with E-state index in [1.54, 1.807) is 0 Å². The van der Waals surface area contributed by atoms with Crippen LogP contribution in [0.4, 0.5) is 0 Å². The van der Waals surface area contributed by atoms with Crippen LogP contribution in [0.25, 0.3) is 0 Å². The van der Waals surface area contributed by atoms with Gasteiger partial charge in [0.2, 0.25) is 0 Å². The molecule has 1 N–H and O–H groups in total. The number of ether oxygens (including phenoxy) is 2. The molecule has 2 aliphatic rings. The summed E-state index contributed by atoms with van der Waals surface area (Å²) in [5, 5.41) is 10.1. The van der Waals surface area contributed by atoms with Crippen LogP contribution in [-0.4, -0.2) is 55.2 Å². The fourth-order valence-electron chi connectivity index (χ4n) is 2.06. The molecule has 0 aliphatic carbocycles. The average molecular weight is 215 g/mol. The molecule has 0 aromatic carbocycles. The van der Waals surface area contributed by atoms with Crippen LogP contribution in [-0.2, 0) is 9.47 Å². The molecule has 0 aromatic rings. The minimum Gasteiger partial charge on any atom is -0.380 e. The molecule has 0 aromatic heterocycles. The molecule has 0 bridgehead atoms. The predicted octanol–water partition coefficient (Wildman–Crippen LogP) is 0.308. The summed E-state index contributed by atoms with van der Waals surface area (Å²) in [6, 6.07) is 0. The molecular weight excluding hydrogens is 194 g/mol. The lowest BCUT2D eigenvalue weighted by Gasteiger charge is -2.42. The lowest BCUT2D eigenvalue weighted by atomic mass is 10.0. The second kappa shape index (κ2) is 4.78. The van der Waals surface area contributed by atoms with Crippen molar-refractivity contribution in [1.29, 1.82) is 0 Å². The van der Waals surface area contributed by atoms with Gasteiger partial charge >= 0.3 is 0 Å². The first-order valence-corrected chi connectivity index (χ1v) is 5.80. The lowest BCUT2D eigenvalue weighted by Crippen LogP contribution is -2.55. The number of nitrogens with zero attached hydrogens (tertiary/aromatic N) is 1. The van der Waals surface area contributed by atoms with E-state index in [2.05, 4.69) is 18.7 Å². The van der Waals surface area contributed by atoms with Gasteiger partial charge in [-0.15, -0.1) is 0 Å². The van der Waals surface area contributed by atoms with E-state index in [0.717, 1.165) is 19.7 Å². The standard InChI is InChI=1S/C11H21NO3/c1-8(2)10-5-12(3-4-15-10)11(13)9-6-14-7-9/h8-11,13H,3-7H2,1-2H3. The zero-order chi connectivity index (χ0) is 10.8. The summed E-state index contributed by atoms with van der Waals surface area (Å²) in [5.41, 5.74) is 0. The van der Waals surface area contributed by atoms with Crippen molar-refractivity contribution in [1.82, 2.24) is 4.90 Å². The van der Waals surface area contributed by atoms with Gasteiger partial charge in [0.1, 0.15) is 6.23 Å². The molecule has 2 saturated heterocycles. The van der Waals surface area contributed by atoms with Crippen molar-refractivity contribution in [2.45, 2.75) is 26.2 Å². The molecule has 4 nitrogen and oxygen atoms in total. The van der Waals surface area contributed by atoms with Gasteiger partial charge in [0.15, 0.2) is 0 Å². The smallest absolute Gasteiger partial charge is 0.114 e. The Bertz CT molecular complexity index is 206. The lowest BCUT2D eigenvalue weighted by molar-refractivity contribution is -0.174. The van der Waals surface area contributed by atoms with E-state index in [4.69, 9.17) is 9.47 Å². The van der Waals surface area contributed by atoms with Crippen LogP contribution in [0, 0.1) is 11.8 Å². The maximum Gasteiger partial charge on any atom is 0.114 e. The molecule has 15 heavy (non-hydrogen) atoms. The van der Waals surface area contributed by atoms with Crippen LogP contribution < -0.4 is 0 Å². The first-order chi connectivity index (χ1) is 7.18. The number of aliphatic hydroxyl groups excluding tert-OH is 1. The van der Waals surface area contributed by atoms with Gasteiger partial charge in [0, 0.05) is 19.0 Å². The monoisotopic (exact) mass is 215 g/mol. The minimum atomic E-state index is -0.344. The van der Waals surface area contributed by atoms with E-state index in [-0.39, 0.29) is 12.3 Å². The highest BCUT2D eigenvalue weighted by atomic mass is 16.5. The van der Waals surface area contributed by atoms with Gasteiger partial charge in [-0.1, -0.05) is 13.8 Å². The normalized spacial score (nSPS) is 31.6. The van der Waals surface area contributed by atoms with Crippen molar-refractivity contribution in [3.63, 3.8) is 0 Å². The minimum absolute atomic E-state index is 0.259. The average Bonchev–Trinajstić information content (AvgIpc) is 2.15. The molecule has 2 fully saturated rings. The Kier molecular flexibility index (Phi) is 3.61. The van der Waals surface area contributed by atoms with Gasteiger partial charge in [-0.05, 0) is 5.92 Å². The summed E-state index contributed by atoms with van der Waals surface area (Å²) in [7, 11) is 0. The Hall–Kier alpha value is -0.160. The first-order valence-electron chi connectivity index (χ1n) is 5.80. The summed E-state index contributed by atoms with van der Waals surface area (Å²) in [6.45, 7) is 8.12. The predicted molar refractivity (Wildman–Crippen MR) is 56.5 cm³/mol. The molecule has 88 valence electrons. The van der Waals surface area contributed by atoms with Crippen LogP contribution in [0.3, 0.4) is 0 Å². The van der Waals surface area contributed by atoms with Crippen LogP contribution in [0.1, 0.15) is 13.8 Å². The Morgan fingerprint density at radius 2 is 2.07 bits per heavy atom. The second-order valence-electron chi connectivity index (χ2n) is 4.86. The maximum atomic E-state index is 10.1. The topological polar surface area (TPSA) is 41.9 Å². The molecule has 2 aliphatic heterocycles. The molecule has 2 unspecified atom stereocenters. The van der Waals surface area contributed by atoms with E-state index in [0.29, 0.717) is 25.0 Å². The van der Waals surface area contributed by atoms with Crippen molar-refractivity contribution in [2.75, 3.05) is 32.9 Å². The Morgan fingerprint density at radius 3 is 2.60 bits per heavy atom. The Balaban J connectivity index is 1.85. The number of morpholine rings is 1. The van der Waals surface area contributed by atoms with Crippen molar-refractivity contribution in [2.24, 2.45) is 11.8 Å². The molecule has 4 heteroatoms. The maximum absolute atomic E-state index is 10.1. The first kappa shape index (κ1) is 11.3. The van der Waals surface area contributed by atoms with E-state index < -0.39 is 0 Å². The molecular formula is C11H21NO3. The van der Waals surface area contributed by atoms with Crippen LogP contribution in [0.5, 0.6) is 0 Å². The quantitative estimate of drug-likeness (QED) is 0.735. The highest BCUT2D eigenvalue weighted by molar-refractivity contribution is 4.81. The molecule has 2 heterocycles. The fourth-order valence-corrected chi connectivity index (χ4v) is 2.06. The highest BCUT2D eigenvalue weighted by Crippen LogP contribution is 2.21. The molecule has 0 spiro atoms. The van der Waals surface area contributed by atoms with Gasteiger partial charge in [0.25, 0.3) is 0 Å². The largest absolute Gasteiger partial charge is 0.380 e. The van der Waals surface area contributed by atoms with Crippen molar-refractivity contribution < 1.29 is 14.6 Å². The van der Waals surface area contributed by atoms with Gasteiger partial charge in [-0.3, -0.25) is 4.90 Å². The number of aliphatic hydroxyl groups is 1. The van der Waals surface area contributed by atoms with Gasteiger partial charge in [0.05, 0.1) is 25.9 Å². The van der Waals surface area contributed by atoms with E-state index in [1.165, 1.54) is 0 Å². The number of hydrogen-bond donors (Lipinski definition) is 1. The van der Waals surface area contributed by atoms with Crippen molar-refractivity contribution >= 4 is 0 Å². The summed E-state index contributed by atoms with van der Waals surface area (Å²) in [5.74, 6) is 0.813. The highest BCUT2D eigenvalue weighted by Gasteiger charge is 2.34. The number of hydrogen-bond acceptors (Lipinski definition) is 4. The van der Waals surface area contributed by atoms with E-state index >= 15 is 0 Å².